The van der Waals surface area contributed by atoms with Crippen molar-refractivity contribution in [2.45, 2.75) is 18.8 Å². The second-order valence-electron chi connectivity index (χ2n) is 10.1. The summed E-state index contributed by atoms with van der Waals surface area (Å²) in [5, 5.41) is 22.3. The number of methoxy groups -OCH3 is 1. The van der Waals surface area contributed by atoms with Gasteiger partial charge in [-0.15, -0.1) is 0 Å². The van der Waals surface area contributed by atoms with Crippen molar-refractivity contribution >= 4 is 50.7 Å². The number of nitrogens with zero attached hydrogens (tertiary/aromatic N) is 2. The normalized spacial score (nSPS) is 25.7. The van der Waals surface area contributed by atoms with Gasteiger partial charge in [0.2, 0.25) is 11.8 Å². The van der Waals surface area contributed by atoms with Gasteiger partial charge in [0.1, 0.15) is 11.5 Å². The molecule has 0 spiro atoms. The number of fused-ring (bicyclic) bond motifs is 3. The first kappa shape index (κ1) is 25.9. The molecule has 10 nitrogen and oxygen atoms in total. The number of ether oxygens (including phenoxy) is 1. The quantitative estimate of drug-likeness (QED) is 0.179. The summed E-state index contributed by atoms with van der Waals surface area (Å²) in [7, 11) is 1.43. The Hall–Kier alpha value is -4.38. The van der Waals surface area contributed by atoms with Crippen molar-refractivity contribution in [3.05, 3.63) is 91.5 Å². The molecule has 4 aliphatic rings. The zero-order valence-corrected chi connectivity index (χ0v) is 22.6. The predicted octanol–water partition coefficient (Wildman–Crippen LogP) is 4.28. The number of allylic oxidation sites excluding steroid dienone is 6. The monoisotopic (exact) mass is 604 g/mol. The van der Waals surface area contributed by atoms with E-state index in [9.17, 15) is 34.4 Å². The third-order valence-corrected chi connectivity index (χ3v) is 8.77. The maximum atomic E-state index is 13.9. The molecule has 1 saturated heterocycles. The predicted molar refractivity (Wildman–Crippen MR) is 145 cm³/mol. The molecule has 1 fully saturated rings. The van der Waals surface area contributed by atoms with E-state index in [2.05, 4.69) is 15.9 Å². The van der Waals surface area contributed by atoms with Crippen LogP contribution in [0.1, 0.15) is 24.3 Å². The van der Waals surface area contributed by atoms with E-state index in [1.54, 1.807) is 12.1 Å². The average Bonchev–Trinajstić information content (AvgIpc) is 3.20. The van der Waals surface area contributed by atoms with Crippen LogP contribution in [-0.4, -0.2) is 40.5 Å². The van der Waals surface area contributed by atoms with Crippen LogP contribution in [0.2, 0.25) is 0 Å². The minimum absolute atomic E-state index is 0.0457. The number of carbonyl (C=O) groups is 4. The Morgan fingerprint density at radius 1 is 1.07 bits per heavy atom. The number of benzene rings is 2. The van der Waals surface area contributed by atoms with Crippen LogP contribution in [0.25, 0.3) is 0 Å². The number of imide groups is 1. The fourth-order valence-corrected chi connectivity index (χ4v) is 6.99. The van der Waals surface area contributed by atoms with Gasteiger partial charge in [0.05, 0.1) is 34.0 Å². The van der Waals surface area contributed by atoms with Crippen LogP contribution in [0.4, 0.5) is 11.4 Å². The highest BCUT2D eigenvalue weighted by atomic mass is 79.9. The number of hydrogen-bond acceptors (Lipinski definition) is 8. The SMILES string of the molecule is COc1cccc(O)c1[C@H]1C2=CC[C@@H]3C(=O)N(c4cccc([N+](=O)[O-])c4)C(=O)[C@@H]3[C@@H]2CC2=C1C(=O)C=C(Br)C2=O. The summed E-state index contributed by atoms with van der Waals surface area (Å²) < 4.78 is 5.63. The number of aromatic hydroxyl groups is 1. The highest BCUT2D eigenvalue weighted by Crippen LogP contribution is 2.57. The molecule has 1 aliphatic heterocycles. The van der Waals surface area contributed by atoms with E-state index >= 15 is 0 Å². The molecule has 2 aromatic rings. The first-order chi connectivity index (χ1) is 19.1. The minimum Gasteiger partial charge on any atom is -0.507 e. The van der Waals surface area contributed by atoms with Crippen molar-refractivity contribution in [2.75, 3.05) is 12.0 Å². The van der Waals surface area contributed by atoms with E-state index in [0.717, 1.165) is 4.90 Å². The van der Waals surface area contributed by atoms with Crippen molar-refractivity contribution in [1.29, 1.82) is 0 Å². The highest BCUT2D eigenvalue weighted by Gasteiger charge is 2.57. The van der Waals surface area contributed by atoms with Gasteiger partial charge in [-0.05, 0) is 52.9 Å². The number of nitro benzene ring substituents is 1. The van der Waals surface area contributed by atoms with Crippen molar-refractivity contribution in [3.63, 3.8) is 0 Å². The van der Waals surface area contributed by atoms with Gasteiger partial charge in [0, 0.05) is 40.8 Å². The lowest BCUT2D eigenvalue weighted by atomic mass is 9.59. The van der Waals surface area contributed by atoms with E-state index in [4.69, 9.17) is 4.74 Å². The number of non-ortho nitro benzene ring substituents is 1. The molecule has 0 unspecified atom stereocenters. The Labute approximate surface area is 235 Å². The van der Waals surface area contributed by atoms with E-state index in [0.29, 0.717) is 16.9 Å². The van der Waals surface area contributed by atoms with Gasteiger partial charge < -0.3 is 9.84 Å². The lowest BCUT2D eigenvalue weighted by Crippen LogP contribution is -2.39. The molecule has 0 saturated carbocycles. The number of phenols is 1. The molecule has 0 radical (unpaired) electrons. The first-order valence-corrected chi connectivity index (χ1v) is 13.3. The molecule has 2 amide bonds. The van der Waals surface area contributed by atoms with Crippen LogP contribution >= 0.6 is 15.9 Å². The third-order valence-electron chi connectivity index (χ3n) is 8.18. The summed E-state index contributed by atoms with van der Waals surface area (Å²) in [6.45, 7) is 0. The fourth-order valence-electron chi connectivity index (χ4n) is 6.54. The van der Waals surface area contributed by atoms with E-state index in [-0.39, 0.29) is 45.6 Å². The van der Waals surface area contributed by atoms with Crippen LogP contribution in [0.5, 0.6) is 11.5 Å². The number of phenolic OH excluding ortho intramolecular Hbond substituents is 1. The molecule has 0 bridgehead atoms. The molecule has 2 aromatic carbocycles. The van der Waals surface area contributed by atoms with Crippen LogP contribution in [0.3, 0.4) is 0 Å². The summed E-state index contributed by atoms with van der Waals surface area (Å²) in [6, 6.07) is 10.0. The maximum Gasteiger partial charge on any atom is 0.271 e. The average molecular weight is 605 g/mol. The Balaban J connectivity index is 1.51. The number of Topliss-reactive ketones (excluding diaryl/α,β-unsaturated/α-hetero) is 1. The topological polar surface area (TPSA) is 144 Å². The van der Waals surface area contributed by atoms with Crippen LogP contribution < -0.4 is 9.64 Å². The summed E-state index contributed by atoms with van der Waals surface area (Å²) >= 11 is 3.18. The Kier molecular flexibility index (Phi) is 6.06. The zero-order chi connectivity index (χ0) is 28.5. The van der Waals surface area contributed by atoms with Crippen LogP contribution in [-0.2, 0) is 19.2 Å². The first-order valence-electron chi connectivity index (χ1n) is 12.5. The fraction of sp³-hybridized carbons (Fsp3) is 0.241. The lowest BCUT2D eigenvalue weighted by molar-refractivity contribution is -0.384. The van der Waals surface area contributed by atoms with Crippen LogP contribution in [0, 0.1) is 27.9 Å². The zero-order valence-electron chi connectivity index (χ0n) is 21.0. The standard InChI is InChI=1S/C29H21BrN2O8/c1-40-22-7-3-6-20(33)26(22)25-15-8-9-16-23(17(15)11-18-24(25)21(34)12-19(30)27(18)35)29(37)31(28(16)36)13-4-2-5-14(10-13)32(38)39/h2-8,10,12,16-17,23,25,33H,9,11H2,1H3/t16-,17+,23-,25-/m0/s1. The molecule has 1 N–H and O–H groups in total. The smallest absolute Gasteiger partial charge is 0.271 e. The second kappa shape index (κ2) is 9.37. The van der Waals surface area contributed by atoms with Crippen molar-refractivity contribution in [3.8, 4) is 11.5 Å². The Morgan fingerprint density at radius 3 is 2.55 bits per heavy atom. The van der Waals surface area contributed by atoms with Crippen molar-refractivity contribution < 1.29 is 33.9 Å². The Bertz CT molecular complexity index is 1650. The molecule has 11 heteroatoms. The largest absolute Gasteiger partial charge is 0.507 e. The molecule has 0 aromatic heterocycles. The number of anilines is 1. The summed E-state index contributed by atoms with van der Waals surface area (Å²) in [5.41, 5.74) is 1.22. The highest BCUT2D eigenvalue weighted by molar-refractivity contribution is 9.12. The number of halogens is 1. The van der Waals surface area contributed by atoms with Gasteiger partial charge in [-0.3, -0.25) is 29.3 Å². The van der Waals surface area contributed by atoms with E-state index < -0.39 is 52.0 Å². The number of amides is 2. The summed E-state index contributed by atoms with van der Waals surface area (Å²) in [6.07, 6.45) is 3.26. The summed E-state index contributed by atoms with van der Waals surface area (Å²) in [4.78, 5) is 66.0. The lowest BCUT2D eigenvalue weighted by Gasteiger charge is -2.42. The Morgan fingerprint density at radius 2 is 1.82 bits per heavy atom. The van der Waals surface area contributed by atoms with Gasteiger partial charge in [-0.1, -0.05) is 23.8 Å². The number of hydrogen-bond donors (Lipinski definition) is 1. The number of rotatable bonds is 4. The van der Waals surface area contributed by atoms with Gasteiger partial charge in [0.25, 0.3) is 5.69 Å². The van der Waals surface area contributed by atoms with E-state index in [1.165, 1.54) is 43.5 Å². The molecule has 6 rings (SSSR count). The molecule has 3 aliphatic carbocycles. The minimum atomic E-state index is -0.881. The molecule has 40 heavy (non-hydrogen) atoms. The molecule has 1 heterocycles. The summed E-state index contributed by atoms with van der Waals surface area (Å²) in [5.74, 6) is -4.77. The van der Waals surface area contributed by atoms with Gasteiger partial charge in [-0.25, -0.2) is 4.90 Å². The molecule has 4 atom stereocenters. The van der Waals surface area contributed by atoms with Gasteiger partial charge in [0.15, 0.2) is 11.6 Å². The van der Waals surface area contributed by atoms with Crippen LogP contribution in [0.15, 0.2) is 75.8 Å². The van der Waals surface area contributed by atoms with Gasteiger partial charge >= 0.3 is 0 Å². The number of carbonyl (C=O) groups excluding carboxylic acids is 4. The molecule has 202 valence electrons. The van der Waals surface area contributed by atoms with Crippen molar-refractivity contribution in [2.24, 2.45) is 17.8 Å². The molecular formula is C29H21BrN2O8. The van der Waals surface area contributed by atoms with Gasteiger partial charge in [-0.2, -0.15) is 0 Å². The number of nitro groups is 1. The number of ketones is 2. The third kappa shape index (κ3) is 3.68. The van der Waals surface area contributed by atoms with Crippen molar-refractivity contribution in [1.82, 2.24) is 0 Å². The maximum absolute atomic E-state index is 13.9. The second-order valence-corrected chi connectivity index (χ2v) is 10.9. The molecular weight excluding hydrogens is 584 g/mol. The van der Waals surface area contributed by atoms with E-state index in [1.807, 2.05) is 6.08 Å².